The van der Waals surface area contributed by atoms with Crippen LogP contribution in [-0.4, -0.2) is 20.2 Å². The van der Waals surface area contributed by atoms with Crippen LogP contribution in [0.4, 0.5) is 0 Å². The van der Waals surface area contributed by atoms with Crippen molar-refractivity contribution in [2.24, 2.45) is 0 Å². The maximum atomic E-state index is 11.5. The number of carbonyl (C=O) groups is 1. The average Bonchev–Trinajstić information content (AvgIpc) is 2.46. The fourth-order valence-corrected chi connectivity index (χ4v) is 2.08. The topological polar surface area (TPSA) is 35.5 Å². The SMILES string of the molecule is COC(=O)c1ccc(-c2ccccc2OC)c(C)c1. The molecule has 0 bridgehead atoms. The van der Waals surface area contributed by atoms with Gasteiger partial charge >= 0.3 is 5.97 Å². The molecule has 0 N–H and O–H groups in total. The fraction of sp³-hybridized carbons (Fsp3) is 0.188. The predicted molar refractivity (Wildman–Crippen MR) is 74.5 cm³/mol. The first-order valence-electron chi connectivity index (χ1n) is 5.99. The summed E-state index contributed by atoms with van der Waals surface area (Å²) in [6.45, 7) is 1.97. The molecule has 0 aliphatic rings. The molecule has 0 heterocycles. The molecule has 0 radical (unpaired) electrons. The van der Waals surface area contributed by atoms with E-state index in [0.717, 1.165) is 22.4 Å². The summed E-state index contributed by atoms with van der Waals surface area (Å²) in [6, 6.07) is 13.3. The summed E-state index contributed by atoms with van der Waals surface area (Å²) in [7, 11) is 3.03. The fourth-order valence-electron chi connectivity index (χ4n) is 2.08. The third-order valence-electron chi connectivity index (χ3n) is 3.04. The van der Waals surface area contributed by atoms with Gasteiger partial charge in [-0.05, 0) is 36.2 Å². The maximum absolute atomic E-state index is 11.5. The van der Waals surface area contributed by atoms with Gasteiger partial charge in [-0.15, -0.1) is 0 Å². The van der Waals surface area contributed by atoms with Crippen molar-refractivity contribution in [3.63, 3.8) is 0 Å². The molecule has 2 rings (SSSR count). The van der Waals surface area contributed by atoms with Crippen molar-refractivity contribution in [3.05, 3.63) is 53.6 Å². The molecule has 0 fully saturated rings. The minimum Gasteiger partial charge on any atom is -0.496 e. The molecule has 0 aliphatic carbocycles. The van der Waals surface area contributed by atoms with Crippen molar-refractivity contribution < 1.29 is 14.3 Å². The van der Waals surface area contributed by atoms with Crippen LogP contribution in [0, 0.1) is 6.92 Å². The quantitative estimate of drug-likeness (QED) is 0.789. The molecule has 2 aromatic carbocycles. The van der Waals surface area contributed by atoms with E-state index in [0.29, 0.717) is 5.56 Å². The summed E-state index contributed by atoms with van der Waals surface area (Å²) in [5.41, 5.74) is 3.62. The molecule has 3 heteroatoms. The van der Waals surface area contributed by atoms with Gasteiger partial charge in [-0.2, -0.15) is 0 Å². The van der Waals surface area contributed by atoms with E-state index in [-0.39, 0.29) is 5.97 Å². The number of hydrogen-bond acceptors (Lipinski definition) is 3. The first-order chi connectivity index (χ1) is 9.17. The lowest BCUT2D eigenvalue weighted by Gasteiger charge is -2.11. The number of aryl methyl sites for hydroxylation is 1. The highest BCUT2D eigenvalue weighted by Crippen LogP contribution is 2.32. The molecule has 98 valence electrons. The molecule has 3 nitrogen and oxygen atoms in total. The number of carbonyl (C=O) groups excluding carboxylic acids is 1. The largest absolute Gasteiger partial charge is 0.496 e. The van der Waals surface area contributed by atoms with Crippen molar-refractivity contribution in [2.75, 3.05) is 14.2 Å². The lowest BCUT2D eigenvalue weighted by molar-refractivity contribution is 0.0600. The van der Waals surface area contributed by atoms with Crippen LogP contribution in [0.5, 0.6) is 5.75 Å². The number of methoxy groups -OCH3 is 2. The number of benzene rings is 2. The predicted octanol–water partition coefficient (Wildman–Crippen LogP) is 3.46. The molecule has 0 unspecified atom stereocenters. The number of rotatable bonds is 3. The highest BCUT2D eigenvalue weighted by molar-refractivity contribution is 5.90. The van der Waals surface area contributed by atoms with E-state index in [1.54, 1.807) is 13.2 Å². The zero-order chi connectivity index (χ0) is 13.8. The van der Waals surface area contributed by atoms with Gasteiger partial charge in [-0.3, -0.25) is 0 Å². The van der Waals surface area contributed by atoms with E-state index in [1.165, 1.54) is 7.11 Å². The monoisotopic (exact) mass is 256 g/mol. The van der Waals surface area contributed by atoms with E-state index >= 15 is 0 Å². The van der Waals surface area contributed by atoms with Crippen LogP contribution in [0.1, 0.15) is 15.9 Å². The molecule has 0 aliphatic heterocycles. The Labute approximate surface area is 112 Å². The smallest absolute Gasteiger partial charge is 0.337 e. The summed E-state index contributed by atoms with van der Waals surface area (Å²) in [4.78, 5) is 11.5. The van der Waals surface area contributed by atoms with Crippen molar-refractivity contribution in [1.29, 1.82) is 0 Å². The van der Waals surface area contributed by atoms with Crippen LogP contribution in [0.25, 0.3) is 11.1 Å². The molecule has 0 amide bonds. The number of hydrogen-bond donors (Lipinski definition) is 0. The first-order valence-corrected chi connectivity index (χ1v) is 5.99. The van der Waals surface area contributed by atoms with Crippen LogP contribution < -0.4 is 4.74 Å². The summed E-state index contributed by atoms with van der Waals surface area (Å²) in [5.74, 6) is 0.492. The molecule has 19 heavy (non-hydrogen) atoms. The Morgan fingerprint density at radius 2 is 1.74 bits per heavy atom. The van der Waals surface area contributed by atoms with Crippen molar-refractivity contribution in [1.82, 2.24) is 0 Å². The molecular weight excluding hydrogens is 240 g/mol. The van der Waals surface area contributed by atoms with Crippen molar-refractivity contribution >= 4 is 5.97 Å². The van der Waals surface area contributed by atoms with E-state index in [1.807, 2.05) is 43.3 Å². The summed E-state index contributed by atoms with van der Waals surface area (Å²) >= 11 is 0. The van der Waals surface area contributed by atoms with Crippen LogP contribution in [0.2, 0.25) is 0 Å². The molecule has 0 aromatic heterocycles. The summed E-state index contributed by atoms with van der Waals surface area (Å²) in [6.07, 6.45) is 0. The minimum absolute atomic E-state index is 0.324. The van der Waals surface area contributed by atoms with Gasteiger partial charge in [-0.25, -0.2) is 4.79 Å². The van der Waals surface area contributed by atoms with E-state index < -0.39 is 0 Å². The second-order valence-electron chi connectivity index (χ2n) is 4.22. The molecule has 2 aromatic rings. The van der Waals surface area contributed by atoms with E-state index in [4.69, 9.17) is 9.47 Å². The Kier molecular flexibility index (Phi) is 3.85. The Bertz CT molecular complexity index is 603. The summed E-state index contributed by atoms with van der Waals surface area (Å²) < 4.78 is 10.1. The lowest BCUT2D eigenvalue weighted by atomic mass is 9.98. The minimum atomic E-state index is -0.324. The molecule has 0 saturated heterocycles. The van der Waals surface area contributed by atoms with Crippen LogP contribution in [-0.2, 0) is 4.74 Å². The third kappa shape index (κ3) is 2.60. The van der Waals surface area contributed by atoms with Gasteiger partial charge < -0.3 is 9.47 Å². The van der Waals surface area contributed by atoms with Crippen LogP contribution >= 0.6 is 0 Å². The Hall–Kier alpha value is -2.29. The number of para-hydroxylation sites is 1. The van der Waals surface area contributed by atoms with E-state index in [9.17, 15) is 4.79 Å². The van der Waals surface area contributed by atoms with Crippen molar-refractivity contribution in [3.8, 4) is 16.9 Å². The normalized spacial score (nSPS) is 10.1. The highest BCUT2D eigenvalue weighted by Gasteiger charge is 2.11. The van der Waals surface area contributed by atoms with Gasteiger partial charge in [0.05, 0.1) is 19.8 Å². The third-order valence-corrected chi connectivity index (χ3v) is 3.04. The van der Waals surface area contributed by atoms with Crippen molar-refractivity contribution in [2.45, 2.75) is 6.92 Å². The summed E-state index contributed by atoms with van der Waals surface area (Å²) in [5, 5.41) is 0. The Morgan fingerprint density at radius 3 is 2.37 bits per heavy atom. The van der Waals surface area contributed by atoms with Gasteiger partial charge in [-0.1, -0.05) is 24.3 Å². The van der Waals surface area contributed by atoms with Gasteiger partial charge in [0.25, 0.3) is 0 Å². The van der Waals surface area contributed by atoms with E-state index in [2.05, 4.69) is 0 Å². The lowest BCUT2D eigenvalue weighted by Crippen LogP contribution is -2.01. The van der Waals surface area contributed by atoms with Gasteiger partial charge in [0.1, 0.15) is 5.75 Å². The van der Waals surface area contributed by atoms with Gasteiger partial charge in [0.15, 0.2) is 0 Å². The van der Waals surface area contributed by atoms with Gasteiger partial charge in [0.2, 0.25) is 0 Å². The molecule has 0 saturated carbocycles. The molecule has 0 spiro atoms. The van der Waals surface area contributed by atoms with Crippen LogP contribution in [0.15, 0.2) is 42.5 Å². The van der Waals surface area contributed by atoms with Crippen LogP contribution in [0.3, 0.4) is 0 Å². The maximum Gasteiger partial charge on any atom is 0.337 e. The second-order valence-corrected chi connectivity index (χ2v) is 4.22. The molecular formula is C16H16O3. The molecule has 0 atom stereocenters. The van der Waals surface area contributed by atoms with Gasteiger partial charge in [0, 0.05) is 5.56 Å². The average molecular weight is 256 g/mol. The number of ether oxygens (including phenoxy) is 2. The zero-order valence-corrected chi connectivity index (χ0v) is 11.3. The Balaban J connectivity index is 2.49. The highest BCUT2D eigenvalue weighted by atomic mass is 16.5. The number of esters is 1. The Morgan fingerprint density at radius 1 is 1.00 bits per heavy atom. The first kappa shape index (κ1) is 13.1. The zero-order valence-electron chi connectivity index (χ0n) is 11.3. The second kappa shape index (κ2) is 5.57. The standard InChI is InChI=1S/C16H16O3/c1-11-10-12(16(17)19-3)8-9-13(11)14-6-4-5-7-15(14)18-2/h4-10H,1-3H3.